The first kappa shape index (κ1) is 14.9. The molecule has 1 heterocycles. The van der Waals surface area contributed by atoms with Crippen LogP contribution in [-0.4, -0.2) is 28.8 Å². The van der Waals surface area contributed by atoms with Crippen molar-refractivity contribution < 1.29 is 4.79 Å². The minimum absolute atomic E-state index is 0.214. The fourth-order valence-electron chi connectivity index (χ4n) is 1.85. The average molecular weight is 286 g/mol. The third-order valence-electron chi connectivity index (χ3n) is 2.95. The van der Waals surface area contributed by atoms with E-state index in [2.05, 4.69) is 10.4 Å². The molecule has 0 atom stereocenters. The van der Waals surface area contributed by atoms with Crippen molar-refractivity contribution >= 4 is 5.91 Å². The Bertz CT molecular complexity index is 652. The van der Waals surface area contributed by atoms with Crippen molar-refractivity contribution in [2.45, 2.75) is 12.8 Å². The number of hydrogen-bond donors (Lipinski definition) is 2. The van der Waals surface area contributed by atoms with E-state index >= 15 is 0 Å². The number of nitrogens with one attached hydrogen (secondary N) is 1. The molecular weight excluding hydrogens is 268 g/mol. The summed E-state index contributed by atoms with van der Waals surface area (Å²) in [6.07, 6.45) is 1.68. The summed E-state index contributed by atoms with van der Waals surface area (Å²) in [4.78, 5) is 23.8. The van der Waals surface area contributed by atoms with Gasteiger partial charge in [-0.25, -0.2) is 0 Å². The second kappa shape index (κ2) is 7.35. The van der Waals surface area contributed by atoms with Gasteiger partial charge in [0, 0.05) is 12.6 Å². The highest BCUT2D eigenvalue weighted by atomic mass is 16.2. The number of carbonyl (C=O) groups excluding carboxylic acids is 1. The molecule has 110 valence electrons. The van der Waals surface area contributed by atoms with E-state index in [1.807, 2.05) is 18.2 Å². The Kier molecular flexibility index (Phi) is 5.22. The fourth-order valence-corrected chi connectivity index (χ4v) is 1.85. The van der Waals surface area contributed by atoms with Crippen molar-refractivity contribution in [1.29, 1.82) is 0 Å². The molecule has 0 aliphatic rings. The molecule has 21 heavy (non-hydrogen) atoms. The lowest BCUT2D eigenvalue weighted by Gasteiger charge is -2.07. The topological polar surface area (TPSA) is 90.0 Å². The number of nitrogens with two attached hydrogens (primary N) is 1. The van der Waals surface area contributed by atoms with Gasteiger partial charge in [0.25, 0.3) is 11.5 Å². The number of hydrogen-bond acceptors (Lipinski definition) is 4. The Labute approximate surface area is 122 Å². The summed E-state index contributed by atoms with van der Waals surface area (Å²) in [6.45, 7) is 1.15. The van der Waals surface area contributed by atoms with Crippen LogP contribution in [0.25, 0.3) is 5.69 Å². The van der Waals surface area contributed by atoms with Gasteiger partial charge in [-0.15, -0.1) is 0 Å². The van der Waals surface area contributed by atoms with Crippen molar-refractivity contribution in [3.8, 4) is 5.69 Å². The summed E-state index contributed by atoms with van der Waals surface area (Å²) < 4.78 is 1.22. The summed E-state index contributed by atoms with van der Waals surface area (Å²) >= 11 is 0. The minimum Gasteiger partial charge on any atom is -0.351 e. The van der Waals surface area contributed by atoms with Crippen LogP contribution in [0, 0.1) is 0 Å². The molecule has 0 aliphatic carbocycles. The molecule has 0 spiro atoms. The quantitative estimate of drug-likeness (QED) is 0.765. The Morgan fingerprint density at radius 2 is 1.90 bits per heavy atom. The fraction of sp³-hybridized carbons (Fsp3) is 0.267. The maximum absolute atomic E-state index is 12.0. The van der Waals surface area contributed by atoms with Crippen LogP contribution in [0.2, 0.25) is 0 Å². The molecule has 2 aromatic rings. The molecule has 0 saturated heterocycles. The first-order chi connectivity index (χ1) is 10.2. The molecule has 0 unspecified atom stereocenters. The first-order valence-corrected chi connectivity index (χ1v) is 6.86. The number of unbranched alkanes of at least 4 members (excludes halogenated alkanes) is 1. The monoisotopic (exact) mass is 286 g/mol. The lowest BCUT2D eigenvalue weighted by molar-refractivity contribution is 0.0946. The van der Waals surface area contributed by atoms with Gasteiger partial charge in [-0.2, -0.15) is 9.78 Å². The van der Waals surface area contributed by atoms with Gasteiger partial charge in [0.2, 0.25) is 0 Å². The van der Waals surface area contributed by atoms with E-state index in [1.165, 1.54) is 16.8 Å². The van der Waals surface area contributed by atoms with Crippen LogP contribution in [0.3, 0.4) is 0 Å². The van der Waals surface area contributed by atoms with Crippen LogP contribution in [0.1, 0.15) is 23.3 Å². The molecule has 1 amide bonds. The van der Waals surface area contributed by atoms with Gasteiger partial charge in [0.15, 0.2) is 0 Å². The van der Waals surface area contributed by atoms with E-state index in [-0.39, 0.29) is 17.2 Å². The van der Waals surface area contributed by atoms with Crippen molar-refractivity contribution in [3.63, 3.8) is 0 Å². The maximum atomic E-state index is 12.0. The second-order valence-corrected chi connectivity index (χ2v) is 4.56. The molecule has 0 aliphatic heterocycles. The lowest BCUT2D eigenvalue weighted by Crippen LogP contribution is -2.29. The molecule has 0 saturated carbocycles. The summed E-state index contributed by atoms with van der Waals surface area (Å²) in [5.74, 6) is -0.295. The van der Waals surface area contributed by atoms with Crippen LogP contribution in [-0.2, 0) is 0 Å². The third-order valence-corrected chi connectivity index (χ3v) is 2.95. The largest absolute Gasteiger partial charge is 0.351 e. The number of rotatable bonds is 6. The Morgan fingerprint density at radius 3 is 2.62 bits per heavy atom. The van der Waals surface area contributed by atoms with E-state index < -0.39 is 0 Å². The molecule has 0 radical (unpaired) electrons. The highest BCUT2D eigenvalue weighted by Gasteiger charge is 2.09. The number of carbonyl (C=O) groups is 1. The Hall–Kier alpha value is -2.47. The molecule has 6 heteroatoms. The van der Waals surface area contributed by atoms with Crippen LogP contribution in [0.15, 0.2) is 47.3 Å². The summed E-state index contributed by atoms with van der Waals surface area (Å²) in [5, 5.41) is 6.87. The summed E-state index contributed by atoms with van der Waals surface area (Å²) in [5.41, 5.74) is 5.96. The zero-order chi connectivity index (χ0) is 15.1. The van der Waals surface area contributed by atoms with Gasteiger partial charge in [0.05, 0.1) is 5.69 Å². The molecule has 0 bridgehead atoms. The number of amides is 1. The number of aromatic nitrogens is 2. The highest BCUT2D eigenvalue weighted by Crippen LogP contribution is 2.02. The van der Waals surface area contributed by atoms with Crippen molar-refractivity contribution in [2.24, 2.45) is 5.73 Å². The normalized spacial score (nSPS) is 10.3. The van der Waals surface area contributed by atoms with E-state index in [0.29, 0.717) is 18.8 Å². The van der Waals surface area contributed by atoms with Gasteiger partial charge < -0.3 is 11.1 Å². The van der Waals surface area contributed by atoms with Gasteiger partial charge in [-0.3, -0.25) is 9.59 Å². The van der Waals surface area contributed by atoms with E-state index in [1.54, 1.807) is 12.1 Å². The average Bonchev–Trinajstić information content (AvgIpc) is 2.52. The number of para-hydroxylation sites is 1. The molecular formula is C15H18N4O2. The molecule has 1 aromatic heterocycles. The van der Waals surface area contributed by atoms with Gasteiger partial charge in [-0.05, 0) is 37.6 Å². The maximum Gasteiger partial charge on any atom is 0.271 e. The second-order valence-electron chi connectivity index (χ2n) is 4.56. The van der Waals surface area contributed by atoms with Crippen LogP contribution < -0.4 is 16.6 Å². The third kappa shape index (κ3) is 4.00. The highest BCUT2D eigenvalue weighted by molar-refractivity contribution is 5.92. The number of nitrogens with zero attached hydrogens (tertiary/aromatic N) is 2. The summed E-state index contributed by atoms with van der Waals surface area (Å²) in [7, 11) is 0. The SMILES string of the molecule is NCCCCNC(=O)c1ccc(=O)n(-c2ccccc2)n1. The van der Waals surface area contributed by atoms with Crippen LogP contribution in [0.4, 0.5) is 0 Å². The van der Waals surface area contributed by atoms with Crippen molar-refractivity contribution in [3.05, 3.63) is 58.5 Å². The van der Waals surface area contributed by atoms with Crippen molar-refractivity contribution in [1.82, 2.24) is 15.1 Å². The van der Waals surface area contributed by atoms with E-state index in [4.69, 9.17) is 5.73 Å². The zero-order valence-electron chi connectivity index (χ0n) is 11.7. The molecule has 6 nitrogen and oxygen atoms in total. The van der Waals surface area contributed by atoms with Crippen LogP contribution in [0.5, 0.6) is 0 Å². The van der Waals surface area contributed by atoms with E-state index in [0.717, 1.165) is 12.8 Å². The standard InChI is InChI=1S/C15H18N4O2/c16-10-4-5-11-17-15(21)13-8-9-14(20)19(18-13)12-6-2-1-3-7-12/h1-3,6-9H,4-5,10-11,16H2,(H,17,21). The van der Waals surface area contributed by atoms with Gasteiger partial charge in [0.1, 0.15) is 5.69 Å². The molecule has 1 aromatic carbocycles. The molecule has 3 N–H and O–H groups in total. The van der Waals surface area contributed by atoms with Gasteiger partial charge >= 0.3 is 0 Å². The van der Waals surface area contributed by atoms with Crippen molar-refractivity contribution in [2.75, 3.05) is 13.1 Å². The zero-order valence-corrected chi connectivity index (χ0v) is 11.7. The number of benzene rings is 1. The minimum atomic E-state index is -0.295. The van der Waals surface area contributed by atoms with Crippen LogP contribution >= 0.6 is 0 Å². The van der Waals surface area contributed by atoms with E-state index in [9.17, 15) is 9.59 Å². The van der Waals surface area contributed by atoms with Gasteiger partial charge in [-0.1, -0.05) is 18.2 Å². The predicted octanol–water partition coefficient (Wildman–Crippen LogP) is 0.701. The lowest BCUT2D eigenvalue weighted by atomic mass is 10.3. The Balaban J connectivity index is 2.15. The summed E-state index contributed by atoms with van der Waals surface area (Å²) in [6, 6.07) is 11.8. The molecule has 2 rings (SSSR count). The molecule has 0 fully saturated rings. The Morgan fingerprint density at radius 1 is 1.14 bits per heavy atom. The predicted molar refractivity (Wildman–Crippen MR) is 80.5 cm³/mol. The smallest absolute Gasteiger partial charge is 0.271 e. The first-order valence-electron chi connectivity index (χ1n) is 6.86.